The zero-order valence-corrected chi connectivity index (χ0v) is 12.0. The fourth-order valence-electron chi connectivity index (χ4n) is 2.11. The van der Waals surface area contributed by atoms with Gasteiger partial charge in [-0.25, -0.2) is 0 Å². The molecular formula is C14H18N4S. The van der Waals surface area contributed by atoms with Gasteiger partial charge in [-0.1, -0.05) is 36.5 Å². The minimum atomic E-state index is 0.449. The van der Waals surface area contributed by atoms with Crippen LogP contribution >= 0.6 is 12.2 Å². The zero-order valence-electron chi connectivity index (χ0n) is 11.2. The highest BCUT2D eigenvalue weighted by atomic mass is 32.1. The molecule has 1 heterocycles. The van der Waals surface area contributed by atoms with Crippen molar-refractivity contribution in [3.8, 4) is 0 Å². The molecule has 0 aliphatic rings. The van der Waals surface area contributed by atoms with E-state index >= 15 is 0 Å². The SMILES string of the molecule is CN(Cc1cnn(C)c1)Cc1ccccc1C(N)=S. The van der Waals surface area contributed by atoms with Crippen LogP contribution in [0.2, 0.25) is 0 Å². The van der Waals surface area contributed by atoms with E-state index in [1.54, 1.807) is 0 Å². The predicted molar refractivity (Wildman–Crippen MR) is 80.7 cm³/mol. The Morgan fingerprint density at radius 2 is 2.11 bits per heavy atom. The van der Waals surface area contributed by atoms with Crippen LogP contribution in [-0.4, -0.2) is 26.7 Å². The first-order valence-corrected chi connectivity index (χ1v) is 6.51. The Balaban J connectivity index is 2.06. The second-order valence-corrected chi connectivity index (χ2v) is 5.16. The van der Waals surface area contributed by atoms with Gasteiger partial charge in [0, 0.05) is 37.5 Å². The van der Waals surface area contributed by atoms with Crippen LogP contribution in [0, 0.1) is 0 Å². The maximum Gasteiger partial charge on any atom is 0.104 e. The number of hydrogen-bond acceptors (Lipinski definition) is 3. The summed E-state index contributed by atoms with van der Waals surface area (Å²) in [6.07, 6.45) is 3.91. The first-order valence-electron chi connectivity index (χ1n) is 6.10. The maximum atomic E-state index is 5.75. The molecule has 5 heteroatoms. The highest BCUT2D eigenvalue weighted by molar-refractivity contribution is 7.80. The van der Waals surface area contributed by atoms with Crippen LogP contribution in [-0.2, 0) is 20.1 Å². The van der Waals surface area contributed by atoms with Gasteiger partial charge in [-0.2, -0.15) is 5.10 Å². The number of benzene rings is 1. The summed E-state index contributed by atoms with van der Waals surface area (Å²) in [6.45, 7) is 1.65. The molecule has 0 unspecified atom stereocenters. The van der Waals surface area contributed by atoms with Gasteiger partial charge < -0.3 is 5.73 Å². The Kier molecular flexibility index (Phi) is 4.29. The van der Waals surface area contributed by atoms with E-state index in [0.717, 1.165) is 24.2 Å². The summed E-state index contributed by atoms with van der Waals surface area (Å²) in [6, 6.07) is 8.00. The van der Waals surface area contributed by atoms with Gasteiger partial charge in [-0.15, -0.1) is 0 Å². The number of thiocarbonyl (C=S) groups is 1. The number of nitrogens with zero attached hydrogens (tertiary/aromatic N) is 3. The average Bonchev–Trinajstić information content (AvgIpc) is 2.75. The molecule has 1 aromatic carbocycles. The van der Waals surface area contributed by atoms with Gasteiger partial charge in [-0.3, -0.25) is 9.58 Å². The van der Waals surface area contributed by atoms with Crippen LogP contribution in [0.1, 0.15) is 16.7 Å². The molecule has 1 aromatic heterocycles. The number of rotatable bonds is 5. The molecule has 0 aliphatic carbocycles. The summed E-state index contributed by atoms with van der Waals surface area (Å²) < 4.78 is 1.81. The summed E-state index contributed by atoms with van der Waals surface area (Å²) in [5, 5.41) is 4.17. The van der Waals surface area contributed by atoms with Crippen molar-refractivity contribution < 1.29 is 0 Å². The normalized spacial score (nSPS) is 10.9. The molecular weight excluding hydrogens is 256 g/mol. The number of aromatic nitrogens is 2. The molecule has 19 heavy (non-hydrogen) atoms. The lowest BCUT2D eigenvalue weighted by molar-refractivity contribution is 0.319. The first-order chi connectivity index (χ1) is 9.06. The lowest BCUT2D eigenvalue weighted by Crippen LogP contribution is -2.20. The van der Waals surface area contributed by atoms with Gasteiger partial charge >= 0.3 is 0 Å². The third-order valence-electron chi connectivity index (χ3n) is 2.93. The van der Waals surface area contributed by atoms with Gasteiger partial charge in [-0.05, 0) is 12.6 Å². The monoisotopic (exact) mass is 274 g/mol. The first kappa shape index (κ1) is 13.7. The summed E-state index contributed by atoms with van der Waals surface area (Å²) in [4.78, 5) is 2.67. The minimum Gasteiger partial charge on any atom is -0.389 e. The Labute approximate surface area is 118 Å². The molecule has 0 amide bonds. The molecule has 2 aromatic rings. The quantitative estimate of drug-likeness (QED) is 0.843. The number of hydrogen-bond donors (Lipinski definition) is 1. The van der Waals surface area contributed by atoms with Gasteiger partial charge in [0.25, 0.3) is 0 Å². The Morgan fingerprint density at radius 1 is 1.37 bits per heavy atom. The van der Waals surface area contributed by atoms with Gasteiger partial charge in [0.2, 0.25) is 0 Å². The van der Waals surface area contributed by atoms with Gasteiger partial charge in [0.05, 0.1) is 6.20 Å². The highest BCUT2D eigenvalue weighted by Gasteiger charge is 2.08. The van der Waals surface area contributed by atoms with E-state index in [2.05, 4.69) is 23.1 Å². The van der Waals surface area contributed by atoms with E-state index < -0.39 is 0 Å². The fourth-order valence-corrected chi connectivity index (χ4v) is 2.31. The fraction of sp³-hybridized carbons (Fsp3) is 0.286. The van der Waals surface area contributed by atoms with E-state index in [1.807, 2.05) is 42.3 Å². The van der Waals surface area contributed by atoms with Crippen molar-refractivity contribution in [3.05, 3.63) is 53.3 Å². The van der Waals surface area contributed by atoms with Gasteiger partial charge in [0.1, 0.15) is 4.99 Å². The van der Waals surface area contributed by atoms with Crippen LogP contribution in [0.25, 0.3) is 0 Å². The van der Waals surface area contributed by atoms with Crippen molar-refractivity contribution in [3.63, 3.8) is 0 Å². The molecule has 0 spiro atoms. The lowest BCUT2D eigenvalue weighted by Gasteiger charge is -2.17. The lowest BCUT2D eigenvalue weighted by atomic mass is 10.1. The Morgan fingerprint density at radius 3 is 2.74 bits per heavy atom. The van der Waals surface area contributed by atoms with E-state index in [0.29, 0.717) is 4.99 Å². The summed E-state index contributed by atoms with van der Waals surface area (Å²) >= 11 is 5.08. The molecule has 4 nitrogen and oxygen atoms in total. The molecule has 0 bridgehead atoms. The molecule has 0 atom stereocenters. The largest absolute Gasteiger partial charge is 0.389 e. The second kappa shape index (κ2) is 5.95. The van der Waals surface area contributed by atoms with E-state index in [9.17, 15) is 0 Å². The maximum absolute atomic E-state index is 5.75. The smallest absolute Gasteiger partial charge is 0.104 e. The zero-order chi connectivity index (χ0) is 13.8. The van der Waals surface area contributed by atoms with E-state index in [1.165, 1.54) is 5.56 Å². The van der Waals surface area contributed by atoms with Crippen LogP contribution < -0.4 is 5.73 Å². The average molecular weight is 274 g/mol. The molecule has 0 saturated carbocycles. The third-order valence-corrected chi connectivity index (χ3v) is 3.15. The van der Waals surface area contributed by atoms with Crippen LogP contribution in [0.15, 0.2) is 36.7 Å². The Bertz CT molecular complexity index is 576. The van der Waals surface area contributed by atoms with Crippen molar-refractivity contribution in [1.29, 1.82) is 0 Å². The van der Waals surface area contributed by atoms with E-state index in [4.69, 9.17) is 18.0 Å². The molecule has 0 saturated heterocycles. The van der Waals surface area contributed by atoms with Crippen LogP contribution in [0.5, 0.6) is 0 Å². The molecule has 100 valence electrons. The van der Waals surface area contributed by atoms with Crippen LogP contribution in [0.4, 0.5) is 0 Å². The van der Waals surface area contributed by atoms with Gasteiger partial charge in [0.15, 0.2) is 0 Å². The van der Waals surface area contributed by atoms with Crippen LogP contribution in [0.3, 0.4) is 0 Å². The molecule has 2 rings (SSSR count). The molecule has 2 N–H and O–H groups in total. The Hall–Kier alpha value is -1.72. The van der Waals surface area contributed by atoms with Crippen molar-refractivity contribution in [2.45, 2.75) is 13.1 Å². The van der Waals surface area contributed by atoms with E-state index in [-0.39, 0.29) is 0 Å². The van der Waals surface area contributed by atoms with Crippen molar-refractivity contribution >= 4 is 17.2 Å². The third kappa shape index (κ3) is 3.62. The summed E-state index contributed by atoms with van der Waals surface area (Å²) in [7, 11) is 4.00. The van der Waals surface area contributed by atoms with Crippen molar-refractivity contribution in [1.82, 2.24) is 14.7 Å². The summed E-state index contributed by atoms with van der Waals surface area (Å²) in [5.41, 5.74) is 9.05. The molecule has 0 fully saturated rings. The van der Waals surface area contributed by atoms with Crippen molar-refractivity contribution in [2.75, 3.05) is 7.05 Å². The second-order valence-electron chi connectivity index (χ2n) is 4.72. The topological polar surface area (TPSA) is 47.1 Å². The number of nitrogens with two attached hydrogens (primary N) is 1. The predicted octanol–water partition coefficient (Wildman–Crippen LogP) is 1.69. The standard InChI is InChI=1S/C14H18N4S/c1-17(8-11-7-16-18(2)9-11)10-12-5-3-4-6-13(12)14(15)19/h3-7,9H,8,10H2,1-2H3,(H2,15,19). The molecule has 0 aliphatic heterocycles. The highest BCUT2D eigenvalue weighted by Crippen LogP contribution is 2.12. The van der Waals surface area contributed by atoms with Crippen molar-refractivity contribution in [2.24, 2.45) is 12.8 Å². The summed E-state index contributed by atoms with van der Waals surface area (Å²) in [5.74, 6) is 0. The minimum absolute atomic E-state index is 0.449. The number of aryl methyl sites for hydroxylation is 1. The molecule has 0 radical (unpaired) electrons.